The van der Waals surface area contributed by atoms with Crippen molar-refractivity contribution in [3.05, 3.63) is 29.8 Å². The molecule has 0 bridgehead atoms. The molecule has 1 saturated carbocycles. The van der Waals surface area contributed by atoms with Crippen LogP contribution in [0.5, 0.6) is 5.75 Å². The summed E-state index contributed by atoms with van der Waals surface area (Å²) in [4.78, 5) is 0. The van der Waals surface area contributed by atoms with Gasteiger partial charge < -0.3 is 4.74 Å². The molecule has 0 radical (unpaired) electrons. The SMILES string of the molecule is CCc1ccccc1OCCCCC(C)(C#N)NC1CC1. The molecule has 114 valence electrons. The lowest BCUT2D eigenvalue weighted by molar-refractivity contribution is 0.292. The third-order valence-corrected chi connectivity index (χ3v) is 4.03. The molecule has 0 heterocycles. The summed E-state index contributed by atoms with van der Waals surface area (Å²) in [6, 6.07) is 11.2. The van der Waals surface area contributed by atoms with Gasteiger partial charge in [-0.3, -0.25) is 5.32 Å². The maximum absolute atomic E-state index is 9.32. The van der Waals surface area contributed by atoms with E-state index in [4.69, 9.17) is 4.74 Å². The number of ether oxygens (including phenoxy) is 1. The zero-order valence-corrected chi connectivity index (χ0v) is 13.2. The van der Waals surface area contributed by atoms with E-state index < -0.39 is 0 Å². The lowest BCUT2D eigenvalue weighted by Gasteiger charge is -2.23. The van der Waals surface area contributed by atoms with E-state index >= 15 is 0 Å². The molecule has 1 aromatic rings. The molecule has 1 unspecified atom stereocenters. The van der Waals surface area contributed by atoms with E-state index in [1.165, 1.54) is 18.4 Å². The Kier molecular flexibility index (Phi) is 5.64. The predicted molar refractivity (Wildman–Crippen MR) is 85.3 cm³/mol. The molecule has 0 amide bonds. The topological polar surface area (TPSA) is 45.0 Å². The van der Waals surface area contributed by atoms with Crippen molar-refractivity contribution in [2.24, 2.45) is 0 Å². The van der Waals surface area contributed by atoms with Crippen LogP contribution in [0.4, 0.5) is 0 Å². The molecule has 0 spiro atoms. The second-order valence-electron chi connectivity index (χ2n) is 6.13. The average Bonchev–Trinajstić information content (AvgIpc) is 3.31. The number of hydrogen-bond acceptors (Lipinski definition) is 3. The number of hydrogen-bond donors (Lipinski definition) is 1. The number of para-hydroxylation sites is 1. The molecule has 1 aliphatic carbocycles. The molecule has 1 atom stereocenters. The van der Waals surface area contributed by atoms with Crippen molar-refractivity contribution in [2.45, 2.75) is 64.0 Å². The lowest BCUT2D eigenvalue weighted by atomic mass is 9.96. The summed E-state index contributed by atoms with van der Waals surface area (Å²) in [5, 5.41) is 12.8. The molecule has 0 saturated heterocycles. The van der Waals surface area contributed by atoms with Gasteiger partial charge in [0.05, 0.1) is 12.7 Å². The van der Waals surface area contributed by atoms with Gasteiger partial charge in [-0.2, -0.15) is 5.26 Å². The molecule has 21 heavy (non-hydrogen) atoms. The number of aryl methyl sites for hydroxylation is 1. The van der Waals surface area contributed by atoms with Gasteiger partial charge in [0.15, 0.2) is 0 Å². The fourth-order valence-corrected chi connectivity index (χ4v) is 2.54. The fourth-order valence-electron chi connectivity index (χ4n) is 2.54. The Hall–Kier alpha value is -1.53. The van der Waals surface area contributed by atoms with Crippen LogP contribution in [0.15, 0.2) is 24.3 Å². The van der Waals surface area contributed by atoms with Crippen molar-refractivity contribution >= 4 is 0 Å². The van der Waals surface area contributed by atoms with Gasteiger partial charge in [0.2, 0.25) is 0 Å². The van der Waals surface area contributed by atoms with Gasteiger partial charge in [-0.1, -0.05) is 25.1 Å². The van der Waals surface area contributed by atoms with Gasteiger partial charge in [-0.25, -0.2) is 0 Å². The molecular weight excluding hydrogens is 260 g/mol. The van der Waals surface area contributed by atoms with E-state index in [0.717, 1.165) is 38.0 Å². The maximum atomic E-state index is 9.32. The highest BCUT2D eigenvalue weighted by molar-refractivity contribution is 5.33. The number of nitrogens with zero attached hydrogens (tertiary/aromatic N) is 1. The van der Waals surface area contributed by atoms with E-state index in [9.17, 15) is 5.26 Å². The Balaban J connectivity index is 1.68. The van der Waals surface area contributed by atoms with Crippen LogP contribution in [0.3, 0.4) is 0 Å². The minimum atomic E-state index is -0.373. The smallest absolute Gasteiger partial charge is 0.122 e. The zero-order chi connectivity index (χ0) is 15.1. The van der Waals surface area contributed by atoms with E-state index in [2.05, 4.69) is 24.4 Å². The fraction of sp³-hybridized carbons (Fsp3) is 0.611. The van der Waals surface area contributed by atoms with E-state index in [0.29, 0.717) is 6.04 Å². The van der Waals surface area contributed by atoms with Crippen LogP contribution in [0.2, 0.25) is 0 Å². The number of unbranched alkanes of at least 4 members (excludes halogenated alkanes) is 1. The summed E-state index contributed by atoms with van der Waals surface area (Å²) in [5.41, 5.74) is 0.887. The number of rotatable bonds is 9. The van der Waals surface area contributed by atoms with E-state index in [-0.39, 0.29) is 5.54 Å². The van der Waals surface area contributed by atoms with Crippen molar-refractivity contribution in [3.8, 4) is 11.8 Å². The number of nitrogens with one attached hydrogen (secondary N) is 1. The normalized spacial score (nSPS) is 17.0. The number of nitriles is 1. The summed E-state index contributed by atoms with van der Waals surface area (Å²) in [5.74, 6) is 0.999. The quantitative estimate of drug-likeness (QED) is 0.702. The highest BCUT2D eigenvalue weighted by Crippen LogP contribution is 2.25. The van der Waals surface area contributed by atoms with Crippen molar-refractivity contribution in [2.75, 3.05) is 6.61 Å². The van der Waals surface area contributed by atoms with Crippen LogP contribution in [0.25, 0.3) is 0 Å². The van der Waals surface area contributed by atoms with Crippen LogP contribution in [-0.4, -0.2) is 18.2 Å². The van der Waals surface area contributed by atoms with Crippen LogP contribution in [0, 0.1) is 11.3 Å². The largest absolute Gasteiger partial charge is 0.493 e. The Labute approximate surface area is 128 Å². The average molecular weight is 286 g/mol. The van der Waals surface area contributed by atoms with Gasteiger partial charge in [-0.15, -0.1) is 0 Å². The molecule has 0 aliphatic heterocycles. The maximum Gasteiger partial charge on any atom is 0.122 e. The van der Waals surface area contributed by atoms with Crippen molar-refractivity contribution in [1.29, 1.82) is 5.26 Å². The Morgan fingerprint density at radius 2 is 2.10 bits per heavy atom. The Bertz CT molecular complexity index is 490. The number of benzene rings is 1. The van der Waals surface area contributed by atoms with Crippen molar-refractivity contribution < 1.29 is 4.74 Å². The Morgan fingerprint density at radius 1 is 1.33 bits per heavy atom. The van der Waals surface area contributed by atoms with Gasteiger partial charge in [0.25, 0.3) is 0 Å². The van der Waals surface area contributed by atoms with Crippen LogP contribution < -0.4 is 10.1 Å². The highest BCUT2D eigenvalue weighted by Gasteiger charge is 2.31. The van der Waals surface area contributed by atoms with Crippen LogP contribution in [0.1, 0.15) is 51.5 Å². The van der Waals surface area contributed by atoms with E-state index in [1.807, 2.05) is 25.1 Å². The monoisotopic (exact) mass is 286 g/mol. The molecule has 1 aromatic carbocycles. The first-order valence-corrected chi connectivity index (χ1v) is 8.06. The van der Waals surface area contributed by atoms with Crippen LogP contribution >= 0.6 is 0 Å². The van der Waals surface area contributed by atoms with Crippen molar-refractivity contribution in [1.82, 2.24) is 5.32 Å². The molecule has 3 heteroatoms. The predicted octanol–water partition coefficient (Wildman–Crippen LogP) is 3.83. The first kappa shape index (κ1) is 15.9. The summed E-state index contributed by atoms with van der Waals surface area (Å²) in [7, 11) is 0. The molecule has 3 nitrogen and oxygen atoms in total. The summed E-state index contributed by atoms with van der Waals surface area (Å²) >= 11 is 0. The first-order chi connectivity index (χ1) is 10.2. The minimum Gasteiger partial charge on any atom is -0.493 e. The molecule has 2 rings (SSSR count). The summed E-state index contributed by atoms with van der Waals surface area (Å²) < 4.78 is 5.87. The molecule has 1 fully saturated rings. The van der Waals surface area contributed by atoms with Gasteiger partial charge in [-0.05, 0) is 57.1 Å². The molecule has 1 aliphatic rings. The molecule has 1 N–H and O–H groups in total. The lowest BCUT2D eigenvalue weighted by Crippen LogP contribution is -2.42. The standard InChI is InChI=1S/C18H26N2O/c1-3-15-8-4-5-9-17(15)21-13-7-6-12-18(2,14-19)20-16-10-11-16/h4-5,8-9,16,20H,3,6-7,10-13H2,1-2H3. The van der Waals surface area contributed by atoms with Gasteiger partial charge in [0, 0.05) is 6.04 Å². The Morgan fingerprint density at radius 3 is 2.76 bits per heavy atom. The third kappa shape index (κ3) is 5.06. The highest BCUT2D eigenvalue weighted by atomic mass is 16.5. The summed E-state index contributed by atoms with van der Waals surface area (Å²) in [6.45, 7) is 4.88. The molecule has 0 aromatic heterocycles. The van der Waals surface area contributed by atoms with Crippen LogP contribution in [-0.2, 0) is 6.42 Å². The summed E-state index contributed by atoms with van der Waals surface area (Å²) in [6.07, 6.45) is 6.31. The molecular formula is C18H26N2O. The van der Waals surface area contributed by atoms with Gasteiger partial charge in [0.1, 0.15) is 11.3 Å². The van der Waals surface area contributed by atoms with Gasteiger partial charge >= 0.3 is 0 Å². The van der Waals surface area contributed by atoms with E-state index in [1.54, 1.807) is 0 Å². The van der Waals surface area contributed by atoms with Crippen molar-refractivity contribution in [3.63, 3.8) is 0 Å². The first-order valence-electron chi connectivity index (χ1n) is 8.06. The minimum absolute atomic E-state index is 0.373. The zero-order valence-electron chi connectivity index (χ0n) is 13.2. The second kappa shape index (κ2) is 7.47. The second-order valence-corrected chi connectivity index (χ2v) is 6.13. The third-order valence-electron chi connectivity index (χ3n) is 4.03.